The third kappa shape index (κ3) is 4.26. The van der Waals surface area contributed by atoms with Crippen LogP contribution in [0.25, 0.3) is 0 Å². The molecule has 0 saturated carbocycles. The van der Waals surface area contributed by atoms with Crippen LogP contribution in [0.2, 0.25) is 0 Å². The van der Waals surface area contributed by atoms with Crippen molar-refractivity contribution < 1.29 is 27.8 Å². The number of alkyl halides is 3. The standard InChI is InChI=1S/C13H13BrF2O4/c1-3-19-12(18)9-6-8(11(17)7(2)14)4-5-10(9)20-13(15)16/h4-7,13H,3H2,1-2H3. The largest absolute Gasteiger partial charge is 0.462 e. The van der Waals surface area contributed by atoms with Crippen molar-refractivity contribution in [2.75, 3.05) is 6.61 Å². The van der Waals surface area contributed by atoms with Crippen LogP contribution >= 0.6 is 15.9 Å². The quantitative estimate of drug-likeness (QED) is 0.448. The Morgan fingerprint density at radius 1 is 1.35 bits per heavy atom. The molecule has 0 N–H and O–H groups in total. The van der Waals surface area contributed by atoms with Crippen LogP contribution in [0.5, 0.6) is 5.75 Å². The number of halogens is 3. The third-order valence-electron chi connectivity index (χ3n) is 2.34. The van der Waals surface area contributed by atoms with Crippen LogP contribution in [0.3, 0.4) is 0 Å². The molecule has 0 saturated heterocycles. The lowest BCUT2D eigenvalue weighted by atomic mass is 10.0. The highest BCUT2D eigenvalue weighted by Crippen LogP contribution is 2.24. The summed E-state index contributed by atoms with van der Waals surface area (Å²) >= 11 is 3.11. The Kier molecular flexibility index (Phi) is 6.06. The van der Waals surface area contributed by atoms with Crippen molar-refractivity contribution in [2.24, 2.45) is 0 Å². The summed E-state index contributed by atoms with van der Waals surface area (Å²) in [5.74, 6) is -1.42. The normalized spacial score (nSPS) is 12.1. The molecule has 0 aliphatic carbocycles. The van der Waals surface area contributed by atoms with E-state index >= 15 is 0 Å². The lowest BCUT2D eigenvalue weighted by Crippen LogP contribution is -2.14. The third-order valence-corrected chi connectivity index (χ3v) is 2.75. The number of ether oxygens (including phenoxy) is 2. The number of Topliss-reactive ketones (excluding diaryl/α,β-unsaturated/α-hetero) is 1. The maximum atomic E-state index is 12.3. The number of esters is 1. The van der Waals surface area contributed by atoms with Gasteiger partial charge in [-0.25, -0.2) is 4.79 Å². The molecule has 110 valence electrons. The predicted octanol–water partition coefficient (Wildman–Crippen LogP) is 3.43. The highest BCUT2D eigenvalue weighted by molar-refractivity contribution is 9.10. The van der Waals surface area contributed by atoms with Gasteiger partial charge in [-0.3, -0.25) is 4.79 Å². The van der Waals surface area contributed by atoms with E-state index in [9.17, 15) is 18.4 Å². The van der Waals surface area contributed by atoms with Gasteiger partial charge in [-0.2, -0.15) is 8.78 Å². The summed E-state index contributed by atoms with van der Waals surface area (Å²) in [5.41, 5.74) is 0.00481. The van der Waals surface area contributed by atoms with Gasteiger partial charge in [-0.1, -0.05) is 15.9 Å². The second kappa shape index (κ2) is 7.33. The van der Waals surface area contributed by atoms with Gasteiger partial charge in [-0.05, 0) is 32.0 Å². The average Bonchev–Trinajstić information content (AvgIpc) is 2.37. The number of hydrogen-bond donors (Lipinski definition) is 0. The topological polar surface area (TPSA) is 52.6 Å². The first-order chi connectivity index (χ1) is 9.36. The van der Waals surface area contributed by atoms with Gasteiger partial charge in [0.2, 0.25) is 0 Å². The molecule has 0 aromatic heterocycles. The number of ketones is 1. The summed E-state index contributed by atoms with van der Waals surface area (Å²) in [6.07, 6.45) is 0. The van der Waals surface area contributed by atoms with Gasteiger partial charge in [0.05, 0.1) is 11.4 Å². The monoisotopic (exact) mass is 350 g/mol. The maximum Gasteiger partial charge on any atom is 0.387 e. The zero-order valence-electron chi connectivity index (χ0n) is 10.9. The van der Waals surface area contributed by atoms with Crippen molar-refractivity contribution in [1.82, 2.24) is 0 Å². The molecule has 0 aliphatic rings. The van der Waals surface area contributed by atoms with Crippen LogP contribution in [0, 0.1) is 0 Å². The average molecular weight is 351 g/mol. The van der Waals surface area contributed by atoms with E-state index < -0.39 is 17.4 Å². The van der Waals surface area contributed by atoms with Crippen molar-refractivity contribution in [2.45, 2.75) is 25.3 Å². The number of carbonyl (C=O) groups is 2. The fourth-order valence-corrected chi connectivity index (χ4v) is 1.74. The molecule has 0 bridgehead atoms. The summed E-state index contributed by atoms with van der Waals surface area (Å²) in [6.45, 7) is 0.219. The minimum atomic E-state index is -3.07. The molecule has 1 atom stereocenters. The van der Waals surface area contributed by atoms with Crippen LogP contribution in [0.4, 0.5) is 8.78 Å². The first-order valence-electron chi connectivity index (χ1n) is 5.81. The minimum Gasteiger partial charge on any atom is -0.462 e. The van der Waals surface area contributed by atoms with Crippen molar-refractivity contribution in [3.8, 4) is 5.75 Å². The number of hydrogen-bond acceptors (Lipinski definition) is 4. The molecule has 0 fully saturated rings. The Balaban J connectivity index is 3.20. The maximum absolute atomic E-state index is 12.3. The highest BCUT2D eigenvalue weighted by atomic mass is 79.9. The zero-order chi connectivity index (χ0) is 15.3. The smallest absolute Gasteiger partial charge is 0.387 e. The van der Waals surface area contributed by atoms with Gasteiger partial charge < -0.3 is 9.47 Å². The van der Waals surface area contributed by atoms with E-state index in [0.717, 1.165) is 6.07 Å². The van der Waals surface area contributed by atoms with E-state index in [2.05, 4.69) is 20.7 Å². The van der Waals surface area contributed by atoms with Gasteiger partial charge >= 0.3 is 12.6 Å². The van der Waals surface area contributed by atoms with Crippen LogP contribution in [-0.2, 0) is 4.74 Å². The van der Waals surface area contributed by atoms with Gasteiger partial charge in [0.15, 0.2) is 5.78 Å². The molecule has 1 rings (SSSR count). The van der Waals surface area contributed by atoms with Gasteiger partial charge in [-0.15, -0.1) is 0 Å². The molecule has 7 heteroatoms. The summed E-state index contributed by atoms with van der Waals surface area (Å²) in [4.78, 5) is 23.1. The van der Waals surface area contributed by atoms with Crippen LogP contribution in [0.15, 0.2) is 18.2 Å². The van der Waals surface area contributed by atoms with E-state index in [1.54, 1.807) is 13.8 Å². The van der Waals surface area contributed by atoms with E-state index in [0.29, 0.717) is 0 Å². The lowest BCUT2D eigenvalue weighted by Gasteiger charge is -2.12. The minimum absolute atomic E-state index is 0.0833. The van der Waals surface area contributed by atoms with Gasteiger partial charge in [0.25, 0.3) is 0 Å². The molecule has 4 nitrogen and oxygen atoms in total. The Labute approximate surface area is 123 Å². The lowest BCUT2D eigenvalue weighted by molar-refractivity contribution is -0.0504. The van der Waals surface area contributed by atoms with Crippen molar-refractivity contribution >= 4 is 27.7 Å². The first kappa shape index (κ1) is 16.6. The molecule has 0 amide bonds. The Hall–Kier alpha value is -1.50. The first-order valence-corrected chi connectivity index (χ1v) is 6.72. The summed E-state index contributed by atoms with van der Waals surface area (Å²) in [6, 6.07) is 3.66. The van der Waals surface area contributed by atoms with Crippen molar-refractivity contribution in [1.29, 1.82) is 0 Å². The Morgan fingerprint density at radius 3 is 2.50 bits per heavy atom. The molecule has 0 radical (unpaired) electrons. The Bertz CT molecular complexity index is 503. The van der Waals surface area contributed by atoms with E-state index in [1.807, 2.05) is 0 Å². The van der Waals surface area contributed by atoms with Crippen LogP contribution in [-0.4, -0.2) is 29.8 Å². The van der Waals surface area contributed by atoms with Crippen LogP contribution < -0.4 is 4.74 Å². The highest BCUT2D eigenvalue weighted by Gasteiger charge is 2.20. The van der Waals surface area contributed by atoms with Gasteiger partial charge in [0, 0.05) is 5.56 Å². The summed E-state index contributed by atoms with van der Waals surface area (Å²) < 4.78 is 33.6. The van der Waals surface area contributed by atoms with Crippen molar-refractivity contribution in [3.05, 3.63) is 29.3 Å². The predicted molar refractivity (Wildman–Crippen MR) is 71.8 cm³/mol. The fourth-order valence-electron chi connectivity index (χ4n) is 1.48. The summed E-state index contributed by atoms with van der Waals surface area (Å²) in [5, 5.41) is 0. The zero-order valence-corrected chi connectivity index (χ0v) is 12.4. The molecule has 1 aromatic carbocycles. The Morgan fingerprint density at radius 2 is 2.00 bits per heavy atom. The molecular formula is C13H13BrF2O4. The second-order valence-electron chi connectivity index (χ2n) is 3.79. The van der Waals surface area contributed by atoms with E-state index in [1.165, 1.54) is 12.1 Å². The molecule has 0 aliphatic heterocycles. The van der Waals surface area contributed by atoms with Crippen LogP contribution in [0.1, 0.15) is 34.6 Å². The fraction of sp³-hybridized carbons (Fsp3) is 0.385. The van der Waals surface area contributed by atoms with Crippen molar-refractivity contribution in [3.63, 3.8) is 0 Å². The van der Waals surface area contributed by atoms with E-state index in [-0.39, 0.29) is 29.3 Å². The molecular weight excluding hydrogens is 338 g/mol. The molecule has 0 heterocycles. The number of carbonyl (C=O) groups excluding carboxylic acids is 2. The molecule has 1 unspecified atom stereocenters. The molecule has 20 heavy (non-hydrogen) atoms. The molecule has 1 aromatic rings. The second-order valence-corrected chi connectivity index (χ2v) is 5.16. The van der Waals surface area contributed by atoms with E-state index in [4.69, 9.17) is 4.74 Å². The van der Waals surface area contributed by atoms with Gasteiger partial charge in [0.1, 0.15) is 11.3 Å². The summed E-state index contributed by atoms with van der Waals surface area (Å²) in [7, 11) is 0. The SMILES string of the molecule is CCOC(=O)c1cc(C(=O)C(C)Br)ccc1OC(F)F. The number of rotatable bonds is 6. The molecule has 0 spiro atoms. The number of benzene rings is 1.